The second-order valence-electron chi connectivity index (χ2n) is 10.7. The minimum atomic E-state index is -0.708. The van der Waals surface area contributed by atoms with Gasteiger partial charge in [0.05, 0.1) is 13.7 Å². The van der Waals surface area contributed by atoms with Crippen LogP contribution in [-0.2, 0) is 20.7 Å². The summed E-state index contributed by atoms with van der Waals surface area (Å²) in [7, 11) is 1.35. The number of hydrogen-bond donors (Lipinski definition) is 1. The van der Waals surface area contributed by atoms with E-state index in [0.29, 0.717) is 48.1 Å². The van der Waals surface area contributed by atoms with Crippen LogP contribution in [0, 0.1) is 5.92 Å². The van der Waals surface area contributed by atoms with Gasteiger partial charge < -0.3 is 19.7 Å². The largest absolute Gasteiger partial charge is 0.492 e. The molecular formula is C36H36N2O5S. The molecule has 7 nitrogen and oxygen atoms in total. The van der Waals surface area contributed by atoms with Crippen molar-refractivity contribution in [3.05, 3.63) is 124 Å². The van der Waals surface area contributed by atoms with Gasteiger partial charge in [-0.25, -0.2) is 4.79 Å². The van der Waals surface area contributed by atoms with Gasteiger partial charge in [-0.3, -0.25) is 9.59 Å². The van der Waals surface area contributed by atoms with E-state index in [1.54, 1.807) is 47.7 Å². The molecule has 8 heteroatoms. The molecule has 0 aliphatic heterocycles. The van der Waals surface area contributed by atoms with E-state index in [2.05, 4.69) is 5.32 Å². The molecule has 0 saturated heterocycles. The summed E-state index contributed by atoms with van der Waals surface area (Å²) in [5, 5.41) is 5.23. The zero-order chi connectivity index (χ0) is 30.7. The molecule has 1 N–H and O–H groups in total. The molecule has 1 saturated carbocycles. The number of anilines is 1. The summed E-state index contributed by atoms with van der Waals surface area (Å²) < 4.78 is 11.1. The molecule has 1 amide bonds. The van der Waals surface area contributed by atoms with Crippen molar-refractivity contribution in [2.24, 2.45) is 5.92 Å². The SMILES string of the molecule is COC(=O)C(Cc1ccc(OCCN(CC2CC2)C(=O)C=Cc2cccs2)cc1)Nc1ccccc1C(=O)c1ccccc1. The predicted molar refractivity (Wildman–Crippen MR) is 174 cm³/mol. The van der Waals surface area contributed by atoms with E-state index in [1.807, 2.05) is 77.0 Å². The van der Waals surface area contributed by atoms with Crippen molar-refractivity contribution >= 4 is 40.8 Å². The van der Waals surface area contributed by atoms with Crippen LogP contribution in [0.4, 0.5) is 5.69 Å². The van der Waals surface area contributed by atoms with Crippen molar-refractivity contribution in [3.63, 3.8) is 0 Å². The molecule has 44 heavy (non-hydrogen) atoms. The highest BCUT2D eigenvalue weighted by Gasteiger charge is 2.26. The highest BCUT2D eigenvalue weighted by Crippen LogP contribution is 2.30. The lowest BCUT2D eigenvalue weighted by Gasteiger charge is -2.21. The van der Waals surface area contributed by atoms with Crippen LogP contribution in [-0.4, -0.2) is 55.4 Å². The number of para-hydroxylation sites is 1. The molecule has 3 aromatic carbocycles. The van der Waals surface area contributed by atoms with E-state index in [4.69, 9.17) is 9.47 Å². The lowest BCUT2D eigenvalue weighted by molar-refractivity contribution is -0.141. The molecule has 1 fully saturated rings. The smallest absolute Gasteiger partial charge is 0.328 e. The number of nitrogens with zero attached hydrogens (tertiary/aromatic N) is 1. The number of amides is 1. The van der Waals surface area contributed by atoms with Gasteiger partial charge in [0.25, 0.3) is 0 Å². The van der Waals surface area contributed by atoms with Gasteiger partial charge in [-0.05, 0) is 66.1 Å². The Hall–Kier alpha value is -4.69. The molecule has 1 unspecified atom stereocenters. The third-order valence-electron chi connectivity index (χ3n) is 7.44. The molecule has 1 aromatic heterocycles. The van der Waals surface area contributed by atoms with Crippen LogP contribution in [0.1, 0.15) is 39.2 Å². The summed E-state index contributed by atoms with van der Waals surface area (Å²) in [6.07, 6.45) is 6.18. The normalized spacial score (nSPS) is 13.3. The van der Waals surface area contributed by atoms with E-state index < -0.39 is 12.0 Å². The number of ether oxygens (including phenoxy) is 2. The van der Waals surface area contributed by atoms with Crippen LogP contribution in [0.25, 0.3) is 6.08 Å². The maximum Gasteiger partial charge on any atom is 0.328 e. The summed E-state index contributed by atoms with van der Waals surface area (Å²) in [5.74, 6) is 0.699. The van der Waals surface area contributed by atoms with Crippen LogP contribution in [0.15, 0.2) is 102 Å². The van der Waals surface area contributed by atoms with Gasteiger partial charge in [0.1, 0.15) is 18.4 Å². The third-order valence-corrected chi connectivity index (χ3v) is 8.27. The molecule has 226 valence electrons. The Morgan fingerprint density at radius 3 is 2.41 bits per heavy atom. The first kappa shape index (κ1) is 30.8. The molecule has 1 aliphatic rings. The predicted octanol–water partition coefficient (Wildman–Crippen LogP) is 6.51. The Balaban J connectivity index is 1.18. The van der Waals surface area contributed by atoms with Crippen LogP contribution < -0.4 is 10.1 Å². The monoisotopic (exact) mass is 608 g/mol. The summed E-state index contributed by atoms with van der Waals surface area (Å²) in [5.41, 5.74) is 2.51. The third kappa shape index (κ3) is 8.67. The number of esters is 1. The first-order valence-electron chi connectivity index (χ1n) is 14.8. The number of rotatable bonds is 15. The van der Waals surface area contributed by atoms with Gasteiger partial charge in [-0.2, -0.15) is 0 Å². The van der Waals surface area contributed by atoms with Crippen LogP contribution in [0.3, 0.4) is 0 Å². The van der Waals surface area contributed by atoms with Crippen LogP contribution >= 0.6 is 11.3 Å². The van der Waals surface area contributed by atoms with E-state index >= 15 is 0 Å². The Labute approximate surface area is 262 Å². The lowest BCUT2D eigenvalue weighted by atomic mass is 10.00. The summed E-state index contributed by atoms with van der Waals surface area (Å²) >= 11 is 1.60. The zero-order valence-corrected chi connectivity index (χ0v) is 25.5. The number of benzene rings is 3. The van der Waals surface area contributed by atoms with Crippen molar-refractivity contribution < 1.29 is 23.9 Å². The van der Waals surface area contributed by atoms with Gasteiger partial charge in [-0.1, -0.05) is 60.7 Å². The Morgan fingerprint density at radius 1 is 0.955 bits per heavy atom. The van der Waals surface area contributed by atoms with E-state index in [0.717, 1.165) is 29.8 Å². The van der Waals surface area contributed by atoms with Gasteiger partial charge in [0.15, 0.2) is 5.78 Å². The molecule has 5 rings (SSSR count). The minimum Gasteiger partial charge on any atom is -0.492 e. The molecule has 1 aliphatic carbocycles. The fourth-order valence-corrected chi connectivity index (χ4v) is 5.47. The fraction of sp³-hybridized carbons (Fsp3) is 0.250. The molecule has 1 atom stereocenters. The average molecular weight is 609 g/mol. The molecule has 4 aromatic rings. The molecule has 0 bridgehead atoms. The fourth-order valence-electron chi connectivity index (χ4n) is 4.85. The summed E-state index contributed by atoms with van der Waals surface area (Å²) in [6, 6.07) is 27.0. The van der Waals surface area contributed by atoms with Crippen LogP contribution in [0.5, 0.6) is 5.75 Å². The highest BCUT2D eigenvalue weighted by atomic mass is 32.1. The molecule has 0 radical (unpaired) electrons. The average Bonchev–Trinajstić information content (AvgIpc) is 3.73. The van der Waals surface area contributed by atoms with E-state index in [1.165, 1.54) is 7.11 Å². The van der Waals surface area contributed by atoms with Gasteiger partial charge in [0.2, 0.25) is 5.91 Å². The Morgan fingerprint density at radius 2 is 1.70 bits per heavy atom. The number of thiophene rings is 1. The number of ketones is 1. The van der Waals surface area contributed by atoms with E-state index in [9.17, 15) is 14.4 Å². The van der Waals surface area contributed by atoms with E-state index in [-0.39, 0.29) is 11.7 Å². The summed E-state index contributed by atoms with van der Waals surface area (Å²) in [4.78, 5) is 41.7. The lowest BCUT2D eigenvalue weighted by Crippen LogP contribution is -2.35. The standard InChI is InChI=1S/C36H36N2O5S/c1-42-36(41)33(37-32-12-6-5-11-31(32)35(40)28-8-3-2-4-9-28)24-26-15-17-29(18-16-26)43-22-21-38(25-27-13-14-27)34(39)20-19-30-10-7-23-44-30/h2-12,15-20,23,27,33,37H,13-14,21-22,24-25H2,1H3. The second-order valence-corrected chi connectivity index (χ2v) is 11.7. The van der Waals surface area contributed by atoms with Crippen molar-refractivity contribution in [1.82, 2.24) is 4.90 Å². The number of nitrogens with one attached hydrogen (secondary N) is 1. The number of methoxy groups -OCH3 is 1. The Kier molecular flexibility index (Phi) is 10.6. The number of carbonyl (C=O) groups is 3. The Bertz CT molecular complexity index is 1560. The topological polar surface area (TPSA) is 84.9 Å². The van der Waals surface area contributed by atoms with Crippen LogP contribution in [0.2, 0.25) is 0 Å². The number of carbonyl (C=O) groups excluding carboxylic acids is 3. The zero-order valence-electron chi connectivity index (χ0n) is 24.7. The van der Waals surface area contributed by atoms with Gasteiger partial charge in [-0.15, -0.1) is 11.3 Å². The van der Waals surface area contributed by atoms with Crippen molar-refractivity contribution in [3.8, 4) is 5.75 Å². The minimum absolute atomic E-state index is 0.00218. The molecular weight excluding hydrogens is 572 g/mol. The quantitative estimate of drug-likeness (QED) is 0.0942. The number of hydrogen-bond acceptors (Lipinski definition) is 7. The van der Waals surface area contributed by atoms with Crippen molar-refractivity contribution in [2.45, 2.75) is 25.3 Å². The second kappa shape index (κ2) is 15.2. The molecule has 1 heterocycles. The summed E-state index contributed by atoms with van der Waals surface area (Å²) in [6.45, 7) is 1.63. The van der Waals surface area contributed by atoms with Crippen molar-refractivity contribution in [2.75, 3.05) is 32.1 Å². The maximum absolute atomic E-state index is 13.2. The first-order valence-corrected chi connectivity index (χ1v) is 15.6. The van der Waals surface area contributed by atoms with Gasteiger partial charge >= 0.3 is 5.97 Å². The van der Waals surface area contributed by atoms with Crippen molar-refractivity contribution in [1.29, 1.82) is 0 Å². The molecule has 0 spiro atoms. The van der Waals surface area contributed by atoms with Gasteiger partial charge in [0, 0.05) is 40.7 Å². The first-order chi connectivity index (χ1) is 21.5. The highest BCUT2D eigenvalue weighted by molar-refractivity contribution is 7.10. The maximum atomic E-state index is 13.2.